The van der Waals surface area contributed by atoms with Crippen molar-refractivity contribution in [1.29, 1.82) is 0 Å². The molecule has 0 aromatic carbocycles. The van der Waals surface area contributed by atoms with Crippen LogP contribution in [0.25, 0.3) is 0 Å². The maximum absolute atomic E-state index is 12.8. The number of nitrogens with zero attached hydrogens (tertiary/aromatic N) is 2. The molecule has 2 N–H and O–H groups in total. The van der Waals surface area contributed by atoms with Gasteiger partial charge in [-0.15, -0.1) is 0 Å². The van der Waals surface area contributed by atoms with Crippen molar-refractivity contribution in [2.24, 2.45) is 5.73 Å². The van der Waals surface area contributed by atoms with Crippen LogP contribution in [0.1, 0.15) is 24.6 Å². The third-order valence-electron chi connectivity index (χ3n) is 3.17. The summed E-state index contributed by atoms with van der Waals surface area (Å²) >= 11 is 6.59. The lowest BCUT2D eigenvalue weighted by Gasteiger charge is -2.28. The fourth-order valence-corrected chi connectivity index (χ4v) is 2.49. The monoisotopic (exact) mass is 337 g/mol. The molecule has 1 aromatic heterocycles. The SMILES string of the molecule is CSCCC(C)N(C)c1nc(C(F)(F)F)ccc1C(N)=S. The van der Waals surface area contributed by atoms with Crippen LogP contribution in [-0.4, -0.2) is 35.1 Å². The number of rotatable bonds is 6. The van der Waals surface area contributed by atoms with Crippen molar-refractivity contribution in [3.05, 3.63) is 23.4 Å². The quantitative estimate of drug-likeness (QED) is 0.807. The maximum atomic E-state index is 12.8. The molecule has 0 aliphatic heterocycles. The Bertz CT molecular complexity index is 506. The number of halogens is 3. The highest BCUT2D eigenvalue weighted by atomic mass is 32.2. The Morgan fingerprint density at radius 3 is 2.57 bits per heavy atom. The van der Waals surface area contributed by atoms with Crippen molar-refractivity contribution in [1.82, 2.24) is 4.98 Å². The maximum Gasteiger partial charge on any atom is 0.433 e. The van der Waals surface area contributed by atoms with Crippen molar-refractivity contribution in [3.8, 4) is 0 Å². The first-order chi connectivity index (χ1) is 9.68. The Kier molecular flexibility index (Phi) is 6.27. The van der Waals surface area contributed by atoms with E-state index >= 15 is 0 Å². The Balaban J connectivity index is 3.20. The third kappa shape index (κ3) is 4.74. The first-order valence-electron chi connectivity index (χ1n) is 6.28. The molecule has 1 atom stereocenters. The van der Waals surface area contributed by atoms with E-state index in [-0.39, 0.29) is 16.8 Å². The van der Waals surface area contributed by atoms with Crippen molar-refractivity contribution >= 4 is 34.8 Å². The van der Waals surface area contributed by atoms with Crippen molar-refractivity contribution in [2.75, 3.05) is 24.0 Å². The molecule has 1 heterocycles. The number of thiocarbonyl (C=S) groups is 1. The van der Waals surface area contributed by atoms with Gasteiger partial charge in [-0.25, -0.2) is 4.98 Å². The van der Waals surface area contributed by atoms with E-state index in [0.717, 1.165) is 18.2 Å². The highest BCUT2D eigenvalue weighted by molar-refractivity contribution is 7.98. The number of hydrogen-bond donors (Lipinski definition) is 1. The van der Waals surface area contributed by atoms with E-state index in [0.29, 0.717) is 5.56 Å². The van der Waals surface area contributed by atoms with E-state index in [9.17, 15) is 13.2 Å². The molecule has 1 rings (SSSR count). The Morgan fingerprint density at radius 1 is 1.48 bits per heavy atom. The number of aromatic nitrogens is 1. The second-order valence-corrected chi connectivity index (χ2v) is 6.10. The molecule has 0 fully saturated rings. The van der Waals surface area contributed by atoms with Crippen LogP contribution in [0.2, 0.25) is 0 Å². The van der Waals surface area contributed by atoms with Gasteiger partial charge < -0.3 is 10.6 Å². The van der Waals surface area contributed by atoms with Crippen molar-refractivity contribution < 1.29 is 13.2 Å². The molecule has 1 unspecified atom stereocenters. The van der Waals surface area contributed by atoms with Gasteiger partial charge in [0.2, 0.25) is 0 Å². The molecule has 21 heavy (non-hydrogen) atoms. The molecule has 118 valence electrons. The highest BCUT2D eigenvalue weighted by Gasteiger charge is 2.33. The zero-order valence-electron chi connectivity index (χ0n) is 12.1. The van der Waals surface area contributed by atoms with E-state index < -0.39 is 11.9 Å². The number of thioether (sulfide) groups is 1. The van der Waals surface area contributed by atoms with Gasteiger partial charge >= 0.3 is 6.18 Å². The van der Waals surface area contributed by atoms with Crippen molar-refractivity contribution in [2.45, 2.75) is 25.6 Å². The fourth-order valence-electron chi connectivity index (χ4n) is 1.76. The van der Waals surface area contributed by atoms with Gasteiger partial charge in [0.15, 0.2) is 0 Å². The zero-order chi connectivity index (χ0) is 16.2. The Labute approximate surface area is 132 Å². The van der Waals surface area contributed by atoms with Crippen LogP contribution >= 0.6 is 24.0 Å². The van der Waals surface area contributed by atoms with E-state index in [1.807, 2.05) is 13.2 Å². The normalized spacial score (nSPS) is 13.0. The number of pyridine rings is 1. The molecule has 0 amide bonds. The molecule has 0 radical (unpaired) electrons. The summed E-state index contributed by atoms with van der Waals surface area (Å²) in [5, 5.41) is 0. The van der Waals surface area contributed by atoms with Crippen LogP contribution in [0.4, 0.5) is 19.0 Å². The van der Waals surface area contributed by atoms with E-state index in [2.05, 4.69) is 4.98 Å². The first kappa shape index (κ1) is 18.0. The summed E-state index contributed by atoms with van der Waals surface area (Å²) in [6.45, 7) is 1.93. The number of hydrogen-bond acceptors (Lipinski definition) is 4. The van der Waals surface area contributed by atoms with Gasteiger partial charge in [-0.3, -0.25) is 0 Å². The first-order valence-corrected chi connectivity index (χ1v) is 8.08. The van der Waals surface area contributed by atoms with Gasteiger partial charge in [0.25, 0.3) is 0 Å². The summed E-state index contributed by atoms with van der Waals surface area (Å²) in [7, 11) is 1.70. The summed E-state index contributed by atoms with van der Waals surface area (Å²) in [5.41, 5.74) is 5.01. The number of nitrogens with two attached hydrogens (primary N) is 1. The van der Waals surface area contributed by atoms with Gasteiger partial charge in [0.1, 0.15) is 16.5 Å². The largest absolute Gasteiger partial charge is 0.433 e. The lowest BCUT2D eigenvalue weighted by atomic mass is 10.1. The predicted molar refractivity (Wildman–Crippen MR) is 86.0 cm³/mol. The van der Waals surface area contributed by atoms with E-state index in [1.165, 1.54) is 6.07 Å². The van der Waals surface area contributed by atoms with Gasteiger partial charge in [0.05, 0.1) is 5.56 Å². The summed E-state index contributed by atoms with van der Waals surface area (Å²) < 4.78 is 38.5. The molecule has 0 saturated carbocycles. The van der Waals surface area contributed by atoms with Gasteiger partial charge in [-0.05, 0) is 37.5 Å². The Hall–Kier alpha value is -1.02. The minimum atomic E-state index is -4.49. The molecule has 8 heteroatoms. The molecular weight excluding hydrogens is 319 g/mol. The molecule has 0 spiro atoms. The average molecular weight is 337 g/mol. The Morgan fingerprint density at radius 2 is 2.10 bits per heavy atom. The third-order valence-corrected chi connectivity index (χ3v) is 4.03. The standard InChI is InChI=1S/C13H18F3N3S2/c1-8(6-7-21-3)19(2)12-9(11(17)20)4-5-10(18-12)13(14,15)16/h4-5,8H,6-7H2,1-3H3,(H2,17,20). The minimum Gasteiger partial charge on any atom is -0.389 e. The van der Waals surface area contributed by atoms with E-state index in [1.54, 1.807) is 23.7 Å². The molecular formula is C13H18F3N3S2. The van der Waals surface area contributed by atoms with Gasteiger partial charge in [0, 0.05) is 13.1 Å². The predicted octanol–water partition coefficient (Wildman–Crippen LogP) is 3.31. The lowest BCUT2D eigenvalue weighted by molar-refractivity contribution is -0.141. The summed E-state index contributed by atoms with van der Waals surface area (Å²) in [6.07, 6.45) is -1.69. The molecule has 0 aliphatic rings. The van der Waals surface area contributed by atoms with E-state index in [4.69, 9.17) is 18.0 Å². The molecule has 0 aliphatic carbocycles. The van der Waals surface area contributed by atoms with Crippen LogP contribution in [-0.2, 0) is 6.18 Å². The number of alkyl halides is 3. The second kappa shape index (κ2) is 7.31. The van der Waals surface area contributed by atoms with Gasteiger partial charge in [-0.2, -0.15) is 24.9 Å². The van der Waals surface area contributed by atoms with Crippen molar-refractivity contribution in [3.63, 3.8) is 0 Å². The summed E-state index contributed by atoms with van der Waals surface area (Å²) in [4.78, 5) is 5.45. The zero-order valence-corrected chi connectivity index (χ0v) is 13.7. The topological polar surface area (TPSA) is 42.2 Å². The molecule has 3 nitrogen and oxygen atoms in total. The van der Waals surface area contributed by atoms with Crippen LogP contribution in [0.3, 0.4) is 0 Å². The molecule has 0 saturated heterocycles. The summed E-state index contributed by atoms with van der Waals surface area (Å²) in [6, 6.07) is 2.21. The fraction of sp³-hybridized carbons (Fsp3) is 0.538. The molecule has 0 bridgehead atoms. The summed E-state index contributed by atoms with van der Waals surface area (Å²) in [5.74, 6) is 1.08. The number of anilines is 1. The van der Waals surface area contributed by atoms with Crippen LogP contribution in [0.15, 0.2) is 12.1 Å². The highest BCUT2D eigenvalue weighted by Crippen LogP contribution is 2.31. The van der Waals surface area contributed by atoms with Gasteiger partial charge in [-0.1, -0.05) is 12.2 Å². The lowest BCUT2D eigenvalue weighted by Crippen LogP contribution is -2.33. The van der Waals surface area contributed by atoms with Crippen LogP contribution < -0.4 is 10.6 Å². The van der Waals surface area contributed by atoms with Crippen LogP contribution in [0.5, 0.6) is 0 Å². The minimum absolute atomic E-state index is 0.0292. The second-order valence-electron chi connectivity index (χ2n) is 4.67. The van der Waals surface area contributed by atoms with Crippen LogP contribution in [0, 0.1) is 0 Å². The smallest absolute Gasteiger partial charge is 0.389 e. The molecule has 1 aromatic rings. The average Bonchev–Trinajstić information content (AvgIpc) is 2.42.